The number of nitrogens with one attached hydrogen (secondary N) is 1. The van der Waals surface area contributed by atoms with Gasteiger partial charge in [-0.2, -0.15) is 13.2 Å². The number of halogens is 3. The van der Waals surface area contributed by atoms with Crippen LogP contribution >= 0.6 is 11.3 Å². The maximum Gasteiger partial charge on any atom is 0.403 e. The lowest BCUT2D eigenvalue weighted by atomic mass is 10.1. The Morgan fingerprint density at radius 2 is 2.06 bits per heavy atom. The molecule has 0 aliphatic heterocycles. The van der Waals surface area contributed by atoms with Gasteiger partial charge >= 0.3 is 12.1 Å². The highest BCUT2D eigenvalue weighted by molar-refractivity contribution is 7.11. The van der Waals surface area contributed by atoms with Gasteiger partial charge in [0.15, 0.2) is 5.92 Å². The fourth-order valence-corrected chi connectivity index (χ4v) is 2.32. The van der Waals surface area contributed by atoms with Crippen LogP contribution in [0.5, 0.6) is 0 Å². The third-order valence-electron chi connectivity index (χ3n) is 2.41. The molecule has 0 fully saturated rings. The first-order valence-electron chi connectivity index (χ1n) is 5.42. The molecule has 1 unspecified atom stereocenters. The van der Waals surface area contributed by atoms with Gasteiger partial charge in [-0.15, -0.1) is 11.3 Å². The number of carboxylic acid groups (broad SMARTS) is 1. The predicted molar refractivity (Wildman–Crippen MR) is 62.6 cm³/mol. The number of hydrogen-bond donors (Lipinski definition) is 2. The van der Waals surface area contributed by atoms with Crippen LogP contribution in [0, 0.1) is 5.92 Å². The summed E-state index contributed by atoms with van der Waals surface area (Å²) in [6, 6.07) is 3.75. The first kappa shape index (κ1) is 15.0. The van der Waals surface area contributed by atoms with Crippen LogP contribution in [0.3, 0.4) is 0 Å². The normalized spacial score (nSPS) is 13.6. The van der Waals surface area contributed by atoms with E-state index in [9.17, 15) is 18.0 Å². The van der Waals surface area contributed by atoms with E-state index in [1.54, 1.807) is 0 Å². The molecule has 1 heterocycles. The van der Waals surface area contributed by atoms with Gasteiger partial charge in [-0.3, -0.25) is 4.79 Å². The SMILES string of the molecule is CCc1ccc(CNCC(C(=O)O)C(F)(F)F)s1. The van der Waals surface area contributed by atoms with Gasteiger partial charge in [0.2, 0.25) is 0 Å². The number of carboxylic acids is 1. The van der Waals surface area contributed by atoms with Gasteiger partial charge in [-0.25, -0.2) is 0 Å². The van der Waals surface area contributed by atoms with Crippen LogP contribution in [0.2, 0.25) is 0 Å². The van der Waals surface area contributed by atoms with E-state index >= 15 is 0 Å². The second-order valence-electron chi connectivity index (χ2n) is 3.78. The number of aryl methyl sites for hydroxylation is 1. The molecule has 0 bridgehead atoms. The highest BCUT2D eigenvalue weighted by atomic mass is 32.1. The average Bonchev–Trinajstić information content (AvgIpc) is 2.69. The average molecular weight is 281 g/mol. The predicted octanol–water partition coefficient (Wildman–Crippen LogP) is 2.66. The molecule has 1 aromatic rings. The van der Waals surface area contributed by atoms with Crippen LogP contribution in [0.25, 0.3) is 0 Å². The van der Waals surface area contributed by atoms with E-state index in [0.29, 0.717) is 0 Å². The molecule has 1 atom stereocenters. The molecule has 0 aliphatic rings. The Kier molecular flexibility index (Phi) is 5.15. The zero-order valence-electron chi connectivity index (χ0n) is 9.75. The molecule has 0 aliphatic carbocycles. The smallest absolute Gasteiger partial charge is 0.403 e. The van der Waals surface area contributed by atoms with Crippen LogP contribution < -0.4 is 5.32 Å². The molecule has 2 N–H and O–H groups in total. The number of rotatable bonds is 6. The van der Waals surface area contributed by atoms with E-state index in [-0.39, 0.29) is 6.54 Å². The number of hydrogen-bond acceptors (Lipinski definition) is 3. The minimum Gasteiger partial charge on any atom is -0.481 e. The number of carbonyl (C=O) groups is 1. The second kappa shape index (κ2) is 6.19. The first-order chi connectivity index (χ1) is 8.34. The summed E-state index contributed by atoms with van der Waals surface area (Å²) in [5.74, 6) is -4.21. The van der Waals surface area contributed by atoms with Crippen LogP contribution in [0.15, 0.2) is 12.1 Å². The Balaban J connectivity index is 2.46. The van der Waals surface area contributed by atoms with Gasteiger partial charge in [-0.05, 0) is 18.6 Å². The van der Waals surface area contributed by atoms with Crippen molar-refractivity contribution in [3.05, 3.63) is 21.9 Å². The van der Waals surface area contributed by atoms with Gasteiger partial charge in [-0.1, -0.05) is 6.92 Å². The Morgan fingerprint density at radius 3 is 2.50 bits per heavy atom. The van der Waals surface area contributed by atoms with Gasteiger partial charge in [0.1, 0.15) is 0 Å². The van der Waals surface area contributed by atoms with Crippen molar-refractivity contribution in [1.82, 2.24) is 5.32 Å². The topological polar surface area (TPSA) is 49.3 Å². The lowest BCUT2D eigenvalue weighted by Gasteiger charge is -2.16. The van der Waals surface area contributed by atoms with E-state index in [0.717, 1.165) is 16.2 Å². The van der Waals surface area contributed by atoms with Crippen LogP contribution in [-0.4, -0.2) is 23.8 Å². The molecule has 0 saturated carbocycles. The summed E-state index contributed by atoms with van der Waals surface area (Å²) in [7, 11) is 0. The second-order valence-corrected chi connectivity index (χ2v) is 5.04. The van der Waals surface area contributed by atoms with Crippen molar-refractivity contribution in [3.8, 4) is 0 Å². The molecule has 7 heteroatoms. The zero-order chi connectivity index (χ0) is 13.8. The zero-order valence-corrected chi connectivity index (χ0v) is 10.6. The third kappa shape index (κ3) is 4.30. The van der Waals surface area contributed by atoms with Crippen molar-refractivity contribution in [1.29, 1.82) is 0 Å². The monoisotopic (exact) mass is 281 g/mol. The van der Waals surface area contributed by atoms with E-state index in [1.807, 2.05) is 19.1 Å². The fourth-order valence-electron chi connectivity index (χ4n) is 1.39. The molecule has 1 rings (SSSR count). The van der Waals surface area contributed by atoms with Crippen molar-refractivity contribution in [2.45, 2.75) is 26.1 Å². The maximum atomic E-state index is 12.3. The molecule has 0 radical (unpaired) electrons. The first-order valence-corrected chi connectivity index (χ1v) is 6.24. The molecule has 102 valence electrons. The van der Waals surface area contributed by atoms with Crippen LogP contribution in [0.1, 0.15) is 16.7 Å². The van der Waals surface area contributed by atoms with Crippen molar-refractivity contribution in [2.24, 2.45) is 5.92 Å². The largest absolute Gasteiger partial charge is 0.481 e. The number of alkyl halides is 3. The summed E-state index contributed by atoms with van der Waals surface area (Å²) in [4.78, 5) is 12.5. The molecule has 18 heavy (non-hydrogen) atoms. The Bertz CT molecular complexity index is 403. The Labute approximate surface area is 107 Å². The lowest BCUT2D eigenvalue weighted by Crippen LogP contribution is -2.38. The van der Waals surface area contributed by atoms with Gasteiger partial charge in [0.05, 0.1) is 0 Å². The summed E-state index contributed by atoms with van der Waals surface area (Å²) in [5.41, 5.74) is 0. The van der Waals surface area contributed by atoms with Gasteiger partial charge in [0.25, 0.3) is 0 Å². The number of aliphatic carboxylic acids is 1. The standard InChI is InChI=1S/C11H14F3NO2S/c1-2-7-3-4-8(18-7)5-15-6-9(10(16)17)11(12,13)14/h3-4,9,15H,2,5-6H2,1H3,(H,16,17). The number of thiophene rings is 1. The van der Waals surface area contributed by atoms with E-state index in [1.165, 1.54) is 11.3 Å². The van der Waals surface area contributed by atoms with Crippen LogP contribution in [-0.2, 0) is 17.8 Å². The highest BCUT2D eigenvalue weighted by Crippen LogP contribution is 2.26. The molecule has 0 aromatic carbocycles. The molecule has 0 amide bonds. The molecule has 0 spiro atoms. The summed E-state index contributed by atoms with van der Waals surface area (Å²) in [5, 5.41) is 11.0. The van der Waals surface area contributed by atoms with Crippen LogP contribution in [0.4, 0.5) is 13.2 Å². The summed E-state index contributed by atoms with van der Waals surface area (Å²) < 4.78 is 37.0. The molecule has 0 saturated heterocycles. The molecular weight excluding hydrogens is 267 g/mol. The molecule has 3 nitrogen and oxygen atoms in total. The summed E-state index contributed by atoms with van der Waals surface area (Å²) >= 11 is 1.51. The summed E-state index contributed by atoms with van der Waals surface area (Å²) in [6.45, 7) is 1.63. The van der Waals surface area contributed by atoms with E-state index in [4.69, 9.17) is 5.11 Å². The van der Waals surface area contributed by atoms with Crippen molar-refractivity contribution in [2.75, 3.05) is 6.54 Å². The van der Waals surface area contributed by atoms with Crippen molar-refractivity contribution >= 4 is 17.3 Å². The fraction of sp³-hybridized carbons (Fsp3) is 0.545. The molecular formula is C11H14F3NO2S. The van der Waals surface area contributed by atoms with Crippen molar-refractivity contribution < 1.29 is 23.1 Å². The highest BCUT2D eigenvalue weighted by Gasteiger charge is 2.44. The summed E-state index contributed by atoms with van der Waals surface area (Å²) in [6.07, 6.45) is -3.84. The minimum atomic E-state index is -4.72. The minimum absolute atomic E-state index is 0.254. The van der Waals surface area contributed by atoms with Crippen molar-refractivity contribution in [3.63, 3.8) is 0 Å². The molecule has 1 aromatic heterocycles. The third-order valence-corrected chi connectivity index (χ3v) is 3.64. The lowest BCUT2D eigenvalue weighted by molar-refractivity contribution is -0.192. The van der Waals surface area contributed by atoms with Gasteiger partial charge < -0.3 is 10.4 Å². The van der Waals surface area contributed by atoms with E-state index in [2.05, 4.69) is 5.32 Å². The quantitative estimate of drug-likeness (QED) is 0.843. The maximum absolute atomic E-state index is 12.3. The van der Waals surface area contributed by atoms with E-state index < -0.39 is 24.6 Å². The van der Waals surface area contributed by atoms with Gasteiger partial charge in [0, 0.05) is 22.8 Å². The Morgan fingerprint density at radius 1 is 1.44 bits per heavy atom. The Hall–Kier alpha value is -1.08.